The first kappa shape index (κ1) is 11.2. The SMILES string of the molecule is CCOC(=O)C(=O)C1=C(Cl)[C@H](C)[C@@H]1C. The lowest BCUT2D eigenvalue weighted by Gasteiger charge is -2.32. The lowest BCUT2D eigenvalue weighted by atomic mass is 9.75. The summed E-state index contributed by atoms with van der Waals surface area (Å²) in [5, 5.41) is 0.496. The summed E-state index contributed by atoms with van der Waals surface area (Å²) in [5.41, 5.74) is 0.414. The summed E-state index contributed by atoms with van der Waals surface area (Å²) in [6.45, 7) is 5.67. The van der Waals surface area contributed by atoms with E-state index >= 15 is 0 Å². The first-order chi connectivity index (χ1) is 6.50. The molecular weight excluding hydrogens is 204 g/mol. The van der Waals surface area contributed by atoms with E-state index in [9.17, 15) is 9.59 Å². The van der Waals surface area contributed by atoms with E-state index in [0.29, 0.717) is 10.6 Å². The van der Waals surface area contributed by atoms with Gasteiger partial charge in [-0.2, -0.15) is 0 Å². The summed E-state index contributed by atoms with van der Waals surface area (Å²) >= 11 is 5.85. The number of allylic oxidation sites excluding steroid dienone is 1. The van der Waals surface area contributed by atoms with Crippen LogP contribution in [0.3, 0.4) is 0 Å². The van der Waals surface area contributed by atoms with Crippen LogP contribution in [-0.4, -0.2) is 18.4 Å². The van der Waals surface area contributed by atoms with Crippen LogP contribution in [-0.2, 0) is 14.3 Å². The van der Waals surface area contributed by atoms with Gasteiger partial charge in [-0.25, -0.2) is 4.79 Å². The van der Waals surface area contributed by atoms with Crippen molar-refractivity contribution in [3.05, 3.63) is 10.6 Å². The van der Waals surface area contributed by atoms with Crippen LogP contribution < -0.4 is 0 Å². The normalized spacial score (nSPS) is 25.7. The molecule has 0 radical (unpaired) electrons. The minimum atomic E-state index is -0.806. The van der Waals surface area contributed by atoms with Crippen LogP contribution in [0, 0.1) is 11.8 Å². The van der Waals surface area contributed by atoms with Crippen molar-refractivity contribution < 1.29 is 14.3 Å². The second kappa shape index (κ2) is 4.13. The summed E-state index contributed by atoms with van der Waals surface area (Å²) in [5.74, 6) is -1.17. The molecular formula is C10H13ClO3. The summed E-state index contributed by atoms with van der Waals surface area (Å²) in [6, 6.07) is 0. The van der Waals surface area contributed by atoms with Crippen molar-refractivity contribution in [3.63, 3.8) is 0 Å². The number of esters is 1. The zero-order valence-corrected chi connectivity index (χ0v) is 9.22. The lowest BCUT2D eigenvalue weighted by molar-refractivity contribution is -0.152. The van der Waals surface area contributed by atoms with Crippen molar-refractivity contribution in [2.24, 2.45) is 11.8 Å². The van der Waals surface area contributed by atoms with E-state index in [4.69, 9.17) is 11.6 Å². The molecule has 0 heterocycles. The Bertz CT molecular complexity index is 306. The third kappa shape index (κ3) is 1.69. The molecule has 1 rings (SSSR count). The predicted molar refractivity (Wildman–Crippen MR) is 52.8 cm³/mol. The van der Waals surface area contributed by atoms with Crippen LogP contribution in [0.5, 0.6) is 0 Å². The van der Waals surface area contributed by atoms with Gasteiger partial charge in [0.1, 0.15) is 0 Å². The number of Topliss-reactive ketones (excluding diaryl/α,β-unsaturated/α-hetero) is 1. The highest BCUT2D eigenvalue weighted by Crippen LogP contribution is 2.43. The number of rotatable bonds is 3. The fraction of sp³-hybridized carbons (Fsp3) is 0.600. The number of ether oxygens (including phenoxy) is 1. The molecule has 1 aliphatic rings. The van der Waals surface area contributed by atoms with Gasteiger partial charge < -0.3 is 4.74 Å². The molecule has 0 saturated carbocycles. The molecule has 0 aliphatic heterocycles. The van der Waals surface area contributed by atoms with Gasteiger partial charge in [-0.3, -0.25) is 4.79 Å². The zero-order valence-electron chi connectivity index (χ0n) is 8.46. The lowest BCUT2D eigenvalue weighted by Crippen LogP contribution is -2.33. The molecule has 4 heteroatoms. The Labute approximate surface area is 88.1 Å². The standard InChI is InChI=1S/C10H13ClO3/c1-4-14-10(13)9(12)7-5(2)6(3)8(7)11/h5-6H,4H2,1-3H3/t5-,6+/m0/s1. The molecule has 2 atom stereocenters. The van der Waals surface area contributed by atoms with Crippen LogP contribution in [0.25, 0.3) is 0 Å². The average Bonchev–Trinajstić information content (AvgIpc) is 2.17. The molecule has 3 nitrogen and oxygen atoms in total. The van der Waals surface area contributed by atoms with Gasteiger partial charge >= 0.3 is 5.97 Å². The Kier molecular flexibility index (Phi) is 3.32. The molecule has 0 fully saturated rings. The molecule has 0 spiro atoms. The molecule has 0 aromatic rings. The van der Waals surface area contributed by atoms with Crippen molar-refractivity contribution in [2.45, 2.75) is 20.8 Å². The first-order valence-electron chi connectivity index (χ1n) is 4.61. The second-order valence-electron chi connectivity index (χ2n) is 3.39. The highest BCUT2D eigenvalue weighted by molar-refractivity contribution is 6.45. The minimum Gasteiger partial charge on any atom is -0.460 e. The largest absolute Gasteiger partial charge is 0.460 e. The van der Waals surface area contributed by atoms with Crippen LogP contribution in [0.1, 0.15) is 20.8 Å². The Balaban J connectivity index is 2.77. The summed E-state index contributed by atoms with van der Waals surface area (Å²) in [4.78, 5) is 22.6. The molecule has 14 heavy (non-hydrogen) atoms. The van der Waals surface area contributed by atoms with E-state index < -0.39 is 11.8 Å². The predicted octanol–water partition coefficient (Wildman–Crippen LogP) is 1.90. The highest BCUT2D eigenvalue weighted by atomic mass is 35.5. The maximum atomic E-state index is 11.5. The average molecular weight is 217 g/mol. The maximum Gasteiger partial charge on any atom is 0.379 e. The molecule has 0 aromatic heterocycles. The van der Waals surface area contributed by atoms with Crippen LogP contribution in [0.4, 0.5) is 0 Å². The maximum absolute atomic E-state index is 11.5. The summed E-state index contributed by atoms with van der Waals surface area (Å²) in [6.07, 6.45) is 0. The Morgan fingerprint density at radius 2 is 1.93 bits per heavy atom. The van der Waals surface area contributed by atoms with Crippen molar-refractivity contribution in [1.29, 1.82) is 0 Å². The van der Waals surface area contributed by atoms with Gasteiger partial charge in [0, 0.05) is 10.6 Å². The van der Waals surface area contributed by atoms with Gasteiger partial charge in [-0.15, -0.1) is 0 Å². The molecule has 0 amide bonds. The van der Waals surface area contributed by atoms with E-state index in [1.165, 1.54) is 0 Å². The fourth-order valence-electron chi connectivity index (χ4n) is 1.46. The molecule has 0 unspecified atom stereocenters. The number of carbonyl (C=O) groups is 2. The van der Waals surface area contributed by atoms with Crippen LogP contribution in [0.15, 0.2) is 10.6 Å². The van der Waals surface area contributed by atoms with E-state index in [-0.39, 0.29) is 18.4 Å². The molecule has 0 bridgehead atoms. The van der Waals surface area contributed by atoms with Gasteiger partial charge in [0.25, 0.3) is 5.78 Å². The minimum absolute atomic E-state index is 0.0550. The van der Waals surface area contributed by atoms with Crippen molar-refractivity contribution in [3.8, 4) is 0 Å². The van der Waals surface area contributed by atoms with Gasteiger partial charge in [0.15, 0.2) is 0 Å². The molecule has 0 saturated heterocycles. The van der Waals surface area contributed by atoms with E-state index in [1.807, 2.05) is 13.8 Å². The zero-order chi connectivity index (χ0) is 10.9. The van der Waals surface area contributed by atoms with Crippen molar-refractivity contribution >= 4 is 23.4 Å². The number of hydrogen-bond donors (Lipinski definition) is 0. The molecule has 78 valence electrons. The monoisotopic (exact) mass is 216 g/mol. The molecule has 1 aliphatic carbocycles. The number of ketones is 1. The van der Waals surface area contributed by atoms with Crippen molar-refractivity contribution in [2.75, 3.05) is 6.61 Å². The molecule has 0 aromatic carbocycles. The van der Waals surface area contributed by atoms with Gasteiger partial charge in [0.05, 0.1) is 6.61 Å². The Morgan fingerprint density at radius 1 is 1.36 bits per heavy atom. The van der Waals surface area contributed by atoms with Crippen molar-refractivity contribution in [1.82, 2.24) is 0 Å². The number of carbonyl (C=O) groups excluding carboxylic acids is 2. The smallest absolute Gasteiger partial charge is 0.379 e. The Hall–Kier alpha value is -0.830. The van der Waals surface area contributed by atoms with Gasteiger partial charge in [0.2, 0.25) is 0 Å². The third-order valence-corrected chi connectivity index (χ3v) is 3.12. The number of hydrogen-bond acceptors (Lipinski definition) is 3. The first-order valence-corrected chi connectivity index (χ1v) is 4.99. The van der Waals surface area contributed by atoms with E-state index in [0.717, 1.165) is 0 Å². The fourth-order valence-corrected chi connectivity index (χ4v) is 1.90. The highest BCUT2D eigenvalue weighted by Gasteiger charge is 2.39. The Morgan fingerprint density at radius 3 is 2.36 bits per heavy atom. The third-order valence-electron chi connectivity index (χ3n) is 2.57. The second-order valence-corrected chi connectivity index (χ2v) is 3.80. The van der Waals surface area contributed by atoms with Gasteiger partial charge in [-0.1, -0.05) is 25.4 Å². The summed E-state index contributed by atoms with van der Waals surface area (Å²) in [7, 11) is 0. The topological polar surface area (TPSA) is 43.4 Å². The van der Waals surface area contributed by atoms with Crippen LogP contribution in [0.2, 0.25) is 0 Å². The molecule has 0 N–H and O–H groups in total. The number of halogens is 1. The summed E-state index contributed by atoms with van der Waals surface area (Å²) < 4.78 is 4.61. The van der Waals surface area contributed by atoms with Crippen LogP contribution >= 0.6 is 11.6 Å². The van der Waals surface area contributed by atoms with E-state index in [1.54, 1.807) is 6.92 Å². The van der Waals surface area contributed by atoms with Gasteiger partial charge in [-0.05, 0) is 18.8 Å². The van der Waals surface area contributed by atoms with E-state index in [2.05, 4.69) is 4.74 Å². The quantitative estimate of drug-likeness (QED) is 0.535.